The summed E-state index contributed by atoms with van der Waals surface area (Å²) in [6, 6.07) is 26.0. The molecule has 1 saturated heterocycles. The lowest BCUT2D eigenvalue weighted by Crippen LogP contribution is -2.52. The molecule has 4 rings (SSSR count). The molecule has 0 atom stereocenters. The number of nitrogens with one attached hydrogen (secondary N) is 1. The van der Waals surface area contributed by atoms with Crippen LogP contribution in [0.5, 0.6) is 0 Å². The van der Waals surface area contributed by atoms with E-state index < -0.39 is 5.41 Å². The maximum absolute atomic E-state index is 13.5. The van der Waals surface area contributed by atoms with Crippen molar-refractivity contribution in [2.24, 2.45) is 0 Å². The molecule has 0 radical (unpaired) electrons. The van der Waals surface area contributed by atoms with Gasteiger partial charge in [0.1, 0.15) is 5.82 Å². The standard InChI is InChI=1S/C28H29FN2O2/c29-25-14-11-23(12-15-25)21-30-27(33)28(24-9-5-2-6-10-24)17-19-31(20-18-28)26(32)16-13-22-7-3-1-4-8-22/h1-12,14-15H,13,16-21H2,(H,30,33). The normalized spacial score (nSPS) is 15.1. The molecular weight excluding hydrogens is 415 g/mol. The lowest BCUT2D eigenvalue weighted by molar-refractivity contribution is -0.137. The summed E-state index contributed by atoms with van der Waals surface area (Å²) in [6.07, 6.45) is 2.34. The molecular formula is C28H29FN2O2. The van der Waals surface area contributed by atoms with Crippen LogP contribution in [0.1, 0.15) is 36.0 Å². The summed E-state index contributed by atoms with van der Waals surface area (Å²) in [5.74, 6) is -0.211. The molecule has 0 saturated carbocycles. The van der Waals surface area contributed by atoms with Crippen molar-refractivity contribution in [3.05, 3.63) is 107 Å². The zero-order valence-electron chi connectivity index (χ0n) is 18.7. The molecule has 1 N–H and O–H groups in total. The Morgan fingerprint density at radius 2 is 1.42 bits per heavy atom. The highest BCUT2D eigenvalue weighted by Crippen LogP contribution is 2.36. The highest BCUT2D eigenvalue weighted by molar-refractivity contribution is 5.89. The van der Waals surface area contributed by atoms with E-state index in [0.29, 0.717) is 38.9 Å². The number of benzene rings is 3. The summed E-state index contributed by atoms with van der Waals surface area (Å²) in [4.78, 5) is 28.2. The average molecular weight is 445 g/mol. The summed E-state index contributed by atoms with van der Waals surface area (Å²) >= 11 is 0. The van der Waals surface area contributed by atoms with Gasteiger partial charge in [0.15, 0.2) is 0 Å². The van der Waals surface area contributed by atoms with Crippen molar-refractivity contribution >= 4 is 11.8 Å². The Morgan fingerprint density at radius 1 is 0.818 bits per heavy atom. The number of amides is 2. The van der Waals surface area contributed by atoms with Crippen molar-refractivity contribution in [1.82, 2.24) is 10.2 Å². The monoisotopic (exact) mass is 444 g/mol. The number of rotatable bonds is 7. The van der Waals surface area contributed by atoms with Crippen molar-refractivity contribution in [3.63, 3.8) is 0 Å². The first-order valence-corrected chi connectivity index (χ1v) is 11.5. The Balaban J connectivity index is 1.42. The predicted octanol–water partition coefficient (Wildman–Crippen LogP) is 4.64. The van der Waals surface area contributed by atoms with E-state index in [4.69, 9.17) is 0 Å². The topological polar surface area (TPSA) is 49.4 Å². The van der Waals surface area contributed by atoms with Crippen LogP contribution in [0, 0.1) is 5.82 Å². The number of carbonyl (C=O) groups excluding carboxylic acids is 2. The van der Waals surface area contributed by atoms with Gasteiger partial charge in [-0.05, 0) is 48.1 Å². The van der Waals surface area contributed by atoms with Crippen molar-refractivity contribution in [2.45, 2.75) is 37.6 Å². The van der Waals surface area contributed by atoms with Crippen LogP contribution in [-0.2, 0) is 28.0 Å². The van der Waals surface area contributed by atoms with Crippen molar-refractivity contribution in [1.29, 1.82) is 0 Å². The number of hydrogen-bond donors (Lipinski definition) is 1. The smallest absolute Gasteiger partial charge is 0.231 e. The minimum atomic E-state index is -0.683. The molecule has 0 aromatic heterocycles. The maximum Gasteiger partial charge on any atom is 0.231 e. The molecule has 0 unspecified atom stereocenters. The highest BCUT2D eigenvalue weighted by atomic mass is 19.1. The van der Waals surface area contributed by atoms with Crippen LogP contribution in [0.25, 0.3) is 0 Å². The number of hydrogen-bond acceptors (Lipinski definition) is 2. The molecule has 4 nitrogen and oxygen atoms in total. The minimum absolute atomic E-state index is 0.0468. The van der Waals surface area contributed by atoms with Crippen LogP contribution in [0.3, 0.4) is 0 Å². The lowest BCUT2D eigenvalue weighted by atomic mass is 9.72. The van der Waals surface area contributed by atoms with E-state index in [2.05, 4.69) is 5.32 Å². The molecule has 0 bridgehead atoms. The van der Waals surface area contributed by atoms with Gasteiger partial charge < -0.3 is 10.2 Å². The first kappa shape index (κ1) is 22.7. The predicted molar refractivity (Wildman–Crippen MR) is 127 cm³/mol. The highest BCUT2D eigenvalue weighted by Gasteiger charge is 2.43. The van der Waals surface area contributed by atoms with Crippen LogP contribution >= 0.6 is 0 Å². The second kappa shape index (κ2) is 10.4. The van der Waals surface area contributed by atoms with Gasteiger partial charge in [-0.1, -0.05) is 72.8 Å². The Kier molecular flexibility index (Phi) is 7.18. The zero-order valence-corrected chi connectivity index (χ0v) is 18.7. The van der Waals surface area contributed by atoms with Gasteiger partial charge in [0, 0.05) is 26.1 Å². The summed E-state index contributed by atoms with van der Waals surface area (Å²) in [5, 5.41) is 3.05. The third kappa shape index (κ3) is 5.48. The fourth-order valence-corrected chi connectivity index (χ4v) is 4.55. The lowest BCUT2D eigenvalue weighted by Gasteiger charge is -2.41. The second-order valence-corrected chi connectivity index (χ2v) is 8.62. The van der Waals surface area contributed by atoms with Gasteiger partial charge >= 0.3 is 0 Å². The molecule has 1 heterocycles. The largest absolute Gasteiger partial charge is 0.351 e. The number of carbonyl (C=O) groups is 2. The van der Waals surface area contributed by atoms with Crippen molar-refractivity contribution in [3.8, 4) is 0 Å². The van der Waals surface area contributed by atoms with Crippen molar-refractivity contribution < 1.29 is 14.0 Å². The number of halogens is 1. The van der Waals surface area contributed by atoms with Gasteiger partial charge in [0.25, 0.3) is 0 Å². The minimum Gasteiger partial charge on any atom is -0.351 e. The number of piperidine rings is 1. The molecule has 2 amide bonds. The molecule has 1 aliphatic heterocycles. The fraction of sp³-hybridized carbons (Fsp3) is 0.286. The third-order valence-corrected chi connectivity index (χ3v) is 6.57. The maximum atomic E-state index is 13.5. The Labute approximate surface area is 194 Å². The third-order valence-electron chi connectivity index (χ3n) is 6.57. The van der Waals surface area contributed by atoms with Gasteiger partial charge in [0.05, 0.1) is 5.41 Å². The van der Waals surface area contributed by atoms with Crippen LogP contribution in [0.2, 0.25) is 0 Å². The molecule has 0 spiro atoms. The first-order valence-electron chi connectivity index (χ1n) is 11.5. The van der Waals surface area contributed by atoms with E-state index in [1.54, 1.807) is 12.1 Å². The van der Waals surface area contributed by atoms with E-state index in [-0.39, 0.29) is 17.6 Å². The number of likely N-dealkylation sites (tertiary alicyclic amines) is 1. The summed E-state index contributed by atoms with van der Waals surface area (Å²) in [6.45, 7) is 1.44. The molecule has 3 aromatic rings. The molecule has 33 heavy (non-hydrogen) atoms. The van der Waals surface area contributed by atoms with Crippen molar-refractivity contribution in [2.75, 3.05) is 13.1 Å². The Bertz CT molecular complexity index is 1060. The van der Waals surface area contributed by atoms with Gasteiger partial charge in [-0.15, -0.1) is 0 Å². The van der Waals surface area contributed by atoms with Crippen LogP contribution in [0.4, 0.5) is 4.39 Å². The molecule has 0 aliphatic carbocycles. The van der Waals surface area contributed by atoms with E-state index in [1.165, 1.54) is 12.1 Å². The van der Waals surface area contributed by atoms with Gasteiger partial charge in [0.2, 0.25) is 11.8 Å². The van der Waals surface area contributed by atoms with E-state index >= 15 is 0 Å². The Morgan fingerprint density at radius 3 is 2.06 bits per heavy atom. The van der Waals surface area contributed by atoms with Gasteiger partial charge in [-0.2, -0.15) is 0 Å². The summed E-state index contributed by atoms with van der Waals surface area (Å²) in [5.41, 5.74) is 2.29. The zero-order chi connectivity index (χ0) is 23.1. The van der Waals surface area contributed by atoms with Crippen LogP contribution in [-0.4, -0.2) is 29.8 Å². The van der Waals surface area contributed by atoms with Crippen LogP contribution in [0.15, 0.2) is 84.9 Å². The first-order chi connectivity index (χ1) is 16.1. The van der Waals surface area contributed by atoms with E-state index in [1.807, 2.05) is 65.6 Å². The van der Waals surface area contributed by atoms with Gasteiger partial charge in [-0.3, -0.25) is 9.59 Å². The number of nitrogens with zero attached hydrogens (tertiary/aromatic N) is 1. The summed E-state index contributed by atoms with van der Waals surface area (Å²) in [7, 11) is 0. The molecule has 1 fully saturated rings. The Hall–Kier alpha value is -3.47. The van der Waals surface area contributed by atoms with E-state index in [9.17, 15) is 14.0 Å². The molecule has 5 heteroatoms. The summed E-state index contributed by atoms with van der Waals surface area (Å²) < 4.78 is 13.2. The van der Waals surface area contributed by atoms with E-state index in [0.717, 1.165) is 23.1 Å². The SMILES string of the molecule is O=C(CCc1ccccc1)N1CCC(C(=O)NCc2ccc(F)cc2)(c2ccccc2)CC1. The average Bonchev–Trinajstić information content (AvgIpc) is 2.88. The van der Waals surface area contributed by atoms with Crippen LogP contribution < -0.4 is 5.32 Å². The second-order valence-electron chi connectivity index (χ2n) is 8.62. The quantitative estimate of drug-likeness (QED) is 0.577. The molecule has 3 aromatic carbocycles. The fourth-order valence-electron chi connectivity index (χ4n) is 4.55. The number of aryl methyl sites for hydroxylation is 1. The van der Waals surface area contributed by atoms with Gasteiger partial charge in [-0.25, -0.2) is 4.39 Å². The molecule has 170 valence electrons. The molecule has 1 aliphatic rings.